The highest BCUT2D eigenvalue weighted by atomic mass is 19.2. The Morgan fingerprint density at radius 3 is 2.09 bits per heavy atom. The maximum absolute atomic E-state index is 14.8. The first-order valence-corrected chi connectivity index (χ1v) is 12.3. The number of hydrogen-bond acceptors (Lipinski definition) is 1. The van der Waals surface area contributed by atoms with Crippen molar-refractivity contribution >= 4 is 6.08 Å². The molecule has 0 bridgehead atoms. The van der Waals surface area contributed by atoms with Crippen LogP contribution in [0.25, 0.3) is 17.2 Å². The Labute approximate surface area is 203 Å². The van der Waals surface area contributed by atoms with Crippen LogP contribution >= 0.6 is 0 Å². The second-order valence-electron chi connectivity index (χ2n) is 9.55. The molecular formula is C30H28F4O. The lowest BCUT2D eigenvalue weighted by Gasteiger charge is -2.27. The van der Waals surface area contributed by atoms with Gasteiger partial charge in [0.2, 0.25) is 0 Å². The molecule has 0 amide bonds. The van der Waals surface area contributed by atoms with E-state index in [9.17, 15) is 17.6 Å². The summed E-state index contributed by atoms with van der Waals surface area (Å²) < 4.78 is 63.7. The first kappa shape index (κ1) is 23.8. The fourth-order valence-electron chi connectivity index (χ4n) is 5.07. The average molecular weight is 481 g/mol. The predicted molar refractivity (Wildman–Crippen MR) is 130 cm³/mol. The Morgan fingerprint density at radius 1 is 0.771 bits per heavy atom. The van der Waals surface area contributed by atoms with Gasteiger partial charge in [-0.3, -0.25) is 0 Å². The van der Waals surface area contributed by atoms with Crippen molar-refractivity contribution < 1.29 is 22.3 Å². The SMILES string of the molecule is CCc1ccc(-c2ccc(/C=C/C3CCC(c4ccc(C5CO5)c(F)c4F)CC3)c(F)c2F)cc1. The number of halogens is 4. The molecule has 0 N–H and O–H groups in total. The van der Waals surface area contributed by atoms with Crippen molar-refractivity contribution in [2.45, 2.75) is 51.0 Å². The Morgan fingerprint density at radius 2 is 1.43 bits per heavy atom. The number of benzene rings is 3. The highest BCUT2D eigenvalue weighted by Gasteiger charge is 2.32. The van der Waals surface area contributed by atoms with Crippen molar-refractivity contribution in [3.05, 3.63) is 100 Å². The summed E-state index contributed by atoms with van der Waals surface area (Å²) >= 11 is 0. The van der Waals surface area contributed by atoms with Crippen molar-refractivity contribution in [1.82, 2.24) is 0 Å². The Bertz CT molecular complexity index is 1240. The molecule has 35 heavy (non-hydrogen) atoms. The topological polar surface area (TPSA) is 12.5 Å². The molecule has 0 spiro atoms. The molecule has 5 rings (SSSR count). The van der Waals surface area contributed by atoms with Crippen LogP contribution in [0.3, 0.4) is 0 Å². The fourth-order valence-corrected chi connectivity index (χ4v) is 5.07. The molecule has 0 radical (unpaired) electrons. The second kappa shape index (κ2) is 9.98. The van der Waals surface area contributed by atoms with E-state index < -0.39 is 23.3 Å². The molecule has 5 heteroatoms. The summed E-state index contributed by atoms with van der Waals surface area (Å²) in [5, 5.41) is 0. The zero-order chi connectivity index (χ0) is 24.5. The minimum atomic E-state index is -0.857. The minimum absolute atomic E-state index is 0.0455. The zero-order valence-corrected chi connectivity index (χ0v) is 19.7. The van der Waals surface area contributed by atoms with Crippen molar-refractivity contribution in [1.29, 1.82) is 0 Å². The zero-order valence-electron chi connectivity index (χ0n) is 19.7. The van der Waals surface area contributed by atoms with E-state index in [4.69, 9.17) is 4.74 Å². The largest absolute Gasteiger partial charge is 0.368 e. The van der Waals surface area contributed by atoms with Crippen LogP contribution in [0.4, 0.5) is 17.6 Å². The number of hydrogen-bond donors (Lipinski definition) is 0. The summed E-state index contributed by atoms with van der Waals surface area (Å²) in [5.41, 5.74) is 2.96. The first-order valence-electron chi connectivity index (χ1n) is 12.3. The molecule has 1 saturated heterocycles. The Balaban J connectivity index is 1.24. The number of allylic oxidation sites excluding steroid dienone is 1. The molecule has 1 aliphatic heterocycles. The summed E-state index contributed by atoms with van der Waals surface area (Å²) in [4.78, 5) is 0. The van der Waals surface area contributed by atoms with Gasteiger partial charge < -0.3 is 4.74 Å². The Kier molecular flexibility index (Phi) is 6.79. The standard InChI is InChI=1S/C30H28F4O/c1-2-18-3-8-20(9-4-18)23-14-13-22(27(31)28(23)32)12-7-19-5-10-21(11-6-19)24-15-16-25(26-17-35-26)30(34)29(24)33/h3-4,7-9,12-16,19,21,26H,2,5-6,10-11,17H2,1H3/b12-7+. The molecule has 182 valence electrons. The highest BCUT2D eigenvalue weighted by Crippen LogP contribution is 2.40. The van der Waals surface area contributed by atoms with E-state index in [1.165, 1.54) is 0 Å². The lowest BCUT2D eigenvalue weighted by Crippen LogP contribution is -2.14. The van der Waals surface area contributed by atoms with E-state index in [0.717, 1.165) is 24.8 Å². The van der Waals surface area contributed by atoms with Crippen molar-refractivity contribution in [2.24, 2.45) is 5.92 Å². The molecule has 1 nitrogen and oxygen atoms in total. The molecule has 0 aromatic heterocycles. The molecule has 3 aromatic rings. The third-order valence-electron chi connectivity index (χ3n) is 7.37. The summed E-state index contributed by atoms with van der Waals surface area (Å²) in [7, 11) is 0. The van der Waals surface area contributed by atoms with Crippen molar-refractivity contribution in [3.8, 4) is 11.1 Å². The van der Waals surface area contributed by atoms with Crippen LogP contribution in [0.1, 0.15) is 66.9 Å². The average Bonchev–Trinajstić information content (AvgIpc) is 3.72. The number of epoxide rings is 1. The molecule has 1 atom stereocenters. The van der Waals surface area contributed by atoms with Gasteiger partial charge in [-0.05, 0) is 60.6 Å². The Hall–Kier alpha value is -2.92. The van der Waals surface area contributed by atoms with Gasteiger partial charge in [-0.1, -0.05) is 67.6 Å². The second-order valence-corrected chi connectivity index (χ2v) is 9.55. The van der Waals surface area contributed by atoms with E-state index in [1.807, 2.05) is 37.3 Å². The van der Waals surface area contributed by atoms with Gasteiger partial charge in [0.25, 0.3) is 0 Å². The smallest absolute Gasteiger partial charge is 0.167 e. The monoisotopic (exact) mass is 480 g/mol. The van der Waals surface area contributed by atoms with Crippen LogP contribution in [-0.4, -0.2) is 6.61 Å². The lowest BCUT2D eigenvalue weighted by atomic mass is 9.78. The summed E-state index contributed by atoms with van der Waals surface area (Å²) in [6.45, 7) is 2.48. The van der Waals surface area contributed by atoms with E-state index in [0.29, 0.717) is 36.1 Å². The van der Waals surface area contributed by atoms with Gasteiger partial charge in [0.1, 0.15) is 6.10 Å². The van der Waals surface area contributed by atoms with Gasteiger partial charge in [-0.15, -0.1) is 0 Å². The number of ether oxygens (including phenoxy) is 1. The quantitative estimate of drug-likeness (QED) is 0.254. The molecule has 1 aliphatic carbocycles. The lowest BCUT2D eigenvalue weighted by molar-refractivity contribution is 0.361. The molecule has 3 aromatic carbocycles. The van der Waals surface area contributed by atoms with Gasteiger partial charge in [0, 0.05) is 16.7 Å². The fraction of sp³-hybridized carbons (Fsp3) is 0.333. The van der Waals surface area contributed by atoms with Crippen LogP contribution in [0.5, 0.6) is 0 Å². The van der Waals surface area contributed by atoms with Crippen LogP contribution in [0.2, 0.25) is 0 Å². The van der Waals surface area contributed by atoms with Crippen LogP contribution in [0.15, 0.2) is 54.6 Å². The molecule has 1 heterocycles. The summed E-state index contributed by atoms with van der Waals surface area (Å²) in [6, 6.07) is 14.0. The van der Waals surface area contributed by atoms with E-state index in [2.05, 4.69) is 0 Å². The van der Waals surface area contributed by atoms with Gasteiger partial charge in [-0.2, -0.15) is 0 Å². The van der Waals surface area contributed by atoms with E-state index >= 15 is 0 Å². The third kappa shape index (κ3) is 4.92. The summed E-state index contributed by atoms with van der Waals surface area (Å²) in [5.74, 6) is -3.13. The van der Waals surface area contributed by atoms with Gasteiger partial charge in [-0.25, -0.2) is 17.6 Å². The number of rotatable bonds is 6. The maximum Gasteiger partial charge on any atom is 0.167 e. The highest BCUT2D eigenvalue weighted by molar-refractivity contribution is 5.67. The third-order valence-corrected chi connectivity index (χ3v) is 7.37. The minimum Gasteiger partial charge on any atom is -0.368 e. The molecule has 1 unspecified atom stereocenters. The van der Waals surface area contributed by atoms with E-state index in [1.54, 1.807) is 30.3 Å². The van der Waals surface area contributed by atoms with Crippen LogP contribution < -0.4 is 0 Å². The van der Waals surface area contributed by atoms with Crippen molar-refractivity contribution in [2.75, 3.05) is 6.61 Å². The van der Waals surface area contributed by atoms with Gasteiger partial charge in [0.05, 0.1) is 6.61 Å². The van der Waals surface area contributed by atoms with E-state index in [-0.39, 0.29) is 29.1 Å². The van der Waals surface area contributed by atoms with Crippen LogP contribution in [0, 0.1) is 29.2 Å². The number of aryl methyl sites for hydroxylation is 1. The van der Waals surface area contributed by atoms with Crippen LogP contribution in [-0.2, 0) is 11.2 Å². The molecule has 2 aliphatic rings. The molecular weight excluding hydrogens is 452 g/mol. The summed E-state index contributed by atoms with van der Waals surface area (Å²) in [6.07, 6.45) is 7.11. The normalized spacial score (nSPS) is 22.0. The van der Waals surface area contributed by atoms with Crippen molar-refractivity contribution in [3.63, 3.8) is 0 Å². The molecule has 1 saturated carbocycles. The predicted octanol–water partition coefficient (Wildman–Crippen LogP) is 8.53. The maximum atomic E-state index is 14.8. The van der Waals surface area contributed by atoms with Gasteiger partial charge in [0.15, 0.2) is 23.3 Å². The van der Waals surface area contributed by atoms with Gasteiger partial charge >= 0.3 is 0 Å². The molecule has 2 fully saturated rings. The first-order chi connectivity index (χ1) is 17.0.